The van der Waals surface area contributed by atoms with Crippen molar-refractivity contribution in [3.63, 3.8) is 0 Å². The summed E-state index contributed by atoms with van der Waals surface area (Å²) in [5, 5.41) is 8.80. The number of hydrogen-bond donors (Lipinski definition) is 2. The molecule has 0 spiro atoms. The van der Waals surface area contributed by atoms with E-state index in [0.29, 0.717) is 6.54 Å². The Kier molecular flexibility index (Phi) is 5.31. The maximum absolute atomic E-state index is 11.9. The third kappa shape index (κ3) is 3.82. The van der Waals surface area contributed by atoms with Crippen molar-refractivity contribution in [2.24, 2.45) is 5.73 Å². The number of nitrogens with one attached hydrogen (secondary N) is 1. The normalized spacial score (nSPS) is 11.6. The summed E-state index contributed by atoms with van der Waals surface area (Å²) < 4.78 is 26.2. The van der Waals surface area contributed by atoms with E-state index in [4.69, 9.17) is 22.6 Å². The second-order valence-corrected chi connectivity index (χ2v) is 5.46. The van der Waals surface area contributed by atoms with E-state index < -0.39 is 10.0 Å². The Morgan fingerprint density at radius 2 is 2.17 bits per heavy atom. The largest absolute Gasteiger partial charge is 0.327 e. The van der Waals surface area contributed by atoms with Gasteiger partial charge in [-0.3, -0.25) is 0 Å². The molecule has 0 unspecified atom stereocenters. The lowest BCUT2D eigenvalue weighted by molar-refractivity contribution is 0.585. The fraction of sp³-hybridized carbons (Fsp3) is 0.182. The van der Waals surface area contributed by atoms with Crippen molar-refractivity contribution < 1.29 is 8.42 Å². The zero-order valence-corrected chi connectivity index (χ0v) is 11.0. The zero-order chi connectivity index (χ0) is 13.6. The van der Waals surface area contributed by atoms with Crippen LogP contribution in [-0.2, 0) is 10.0 Å². The molecule has 0 radical (unpaired) electrons. The first kappa shape index (κ1) is 14.7. The molecule has 0 aliphatic rings. The Bertz CT molecular complexity index is 591. The van der Waals surface area contributed by atoms with Crippen molar-refractivity contribution in [2.75, 3.05) is 13.1 Å². The van der Waals surface area contributed by atoms with E-state index in [1.165, 1.54) is 18.2 Å². The maximum Gasteiger partial charge on any atom is 0.242 e. The lowest BCUT2D eigenvalue weighted by Crippen LogP contribution is -2.24. The standard InChI is InChI=1S/C11H12ClN3O2S/c12-10-4-3-9(8-14)7-11(10)18(16,17)15-6-2-1-5-13/h1-4,7,15H,5-6,13H2/b2-1+. The van der Waals surface area contributed by atoms with Crippen LogP contribution in [0.5, 0.6) is 0 Å². The summed E-state index contributed by atoms with van der Waals surface area (Å²) in [5.41, 5.74) is 5.46. The Morgan fingerprint density at radius 3 is 2.78 bits per heavy atom. The van der Waals surface area contributed by atoms with Gasteiger partial charge in [-0.25, -0.2) is 13.1 Å². The van der Waals surface area contributed by atoms with E-state index in [0.717, 1.165) is 0 Å². The number of rotatable bonds is 5. The minimum atomic E-state index is -3.73. The Morgan fingerprint density at radius 1 is 1.44 bits per heavy atom. The van der Waals surface area contributed by atoms with Crippen LogP contribution < -0.4 is 10.5 Å². The number of nitrogens with two attached hydrogens (primary N) is 1. The molecule has 0 aromatic heterocycles. The highest BCUT2D eigenvalue weighted by molar-refractivity contribution is 7.89. The second-order valence-electron chi connectivity index (χ2n) is 3.32. The second kappa shape index (κ2) is 6.52. The number of hydrogen-bond acceptors (Lipinski definition) is 4. The summed E-state index contributed by atoms with van der Waals surface area (Å²) in [6, 6.07) is 5.93. The monoisotopic (exact) mass is 285 g/mol. The summed E-state index contributed by atoms with van der Waals surface area (Å²) in [6.07, 6.45) is 3.23. The van der Waals surface area contributed by atoms with Gasteiger partial charge < -0.3 is 5.73 Å². The van der Waals surface area contributed by atoms with Gasteiger partial charge in [0.2, 0.25) is 10.0 Å². The van der Waals surface area contributed by atoms with Crippen LogP contribution in [-0.4, -0.2) is 21.5 Å². The fourth-order valence-electron chi connectivity index (χ4n) is 1.19. The van der Waals surface area contributed by atoms with Gasteiger partial charge in [0.25, 0.3) is 0 Å². The van der Waals surface area contributed by atoms with Crippen LogP contribution in [0.3, 0.4) is 0 Å². The molecular weight excluding hydrogens is 274 g/mol. The van der Waals surface area contributed by atoms with Crippen LogP contribution in [0.4, 0.5) is 0 Å². The molecule has 0 saturated heterocycles. The van der Waals surface area contributed by atoms with E-state index >= 15 is 0 Å². The van der Waals surface area contributed by atoms with Gasteiger partial charge in [0.05, 0.1) is 16.7 Å². The summed E-state index contributed by atoms with van der Waals surface area (Å²) in [5.74, 6) is 0. The minimum Gasteiger partial charge on any atom is -0.327 e. The lowest BCUT2D eigenvalue weighted by atomic mass is 10.2. The van der Waals surface area contributed by atoms with Gasteiger partial charge in [-0.15, -0.1) is 0 Å². The molecule has 1 rings (SSSR count). The molecule has 0 aliphatic heterocycles. The molecule has 0 fully saturated rings. The minimum absolute atomic E-state index is 0.0734. The molecule has 7 heteroatoms. The summed E-state index contributed by atoms with van der Waals surface area (Å²) in [6.45, 7) is 0.457. The summed E-state index contributed by atoms with van der Waals surface area (Å²) in [4.78, 5) is -0.107. The first-order valence-corrected chi connectivity index (χ1v) is 6.91. The molecule has 0 atom stereocenters. The van der Waals surface area contributed by atoms with Crippen LogP contribution in [0.1, 0.15) is 5.56 Å². The Hall–Kier alpha value is -1.39. The van der Waals surface area contributed by atoms with Gasteiger partial charge in [0.15, 0.2) is 0 Å². The maximum atomic E-state index is 11.9. The van der Waals surface area contributed by atoms with Crippen molar-refractivity contribution in [3.8, 4) is 6.07 Å². The molecule has 0 heterocycles. The summed E-state index contributed by atoms with van der Waals surface area (Å²) in [7, 11) is -3.73. The molecule has 0 saturated carbocycles. The molecule has 18 heavy (non-hydrogen) atoms. The molecule has 1 aromatic rings. The van der Waals surface area contributed by atoms with Gasteiger partial charge in [-0.2, -0.15) is 5.26 Å². The van der Waals surface area contributed by atoms with Gasteiger partial charge in [0, 0.05) is 13.1 Å². The Labute approximate surface area is 111 Å². The molecule has 0 bridgehead atoms. The number of benzene rings is 1. The van der Waals surface area contributed by atoms with Gasteiger partial charge in [-0.05, 0) is 18.2 Å². The smallest absolute Gasteiger partial charge is 0.242 e. The highest BCUT2D eigenvalue weighted by Gasteiger charge is 2.17. The van der Waals surface area contributed by atoms with E-state index in [2.05, 4.69) is 4.72 Å². The molecule has 0 aliphatic carbocycles. The predicted octanol–water partition coefficient (Wildman–Crippen LogP) is 1.00. The molecule has 5 nitrogen and oxygen atoms in total. The lowest BCUT2D eigenvalue weighted by Gasteiger charge is -2.06. The topological polar surface area (TPSA) is 96.0 Å². The van der Waals surface area contributed by atoms with E-state index in [1.54, 1.807) is 12.2 Å². The molecule has 3 N–H and O–H groups in total. The molecular formula is C11H12ClN3O2S. The van der Waals surface area contributed by atoms with Crippen LogP contribution in [0.15, 0.2) is 35.2 Å². The summed E-state index contributed by atoms with van der Waals surface area (Å²) >= 11 is 5.81. The van der Waals surface area contributed by atoms with Gasteiger partial charge >= 0.3 is 0 Å². The quantitative estimate of drug-likeness (QED) is 0.789. The molecule has 0 amide bonds. The first-order chi connectivity index (χ1) is 8.51. The predicted molar refractivity (Wildman–Crippen MR) is 69.5 cm³/mol. The van der Waals surface area contributed by atoms with Crippen molar-refractivity contribution >= 4 is 21.6 Å². The van der Waals surface area contributed by atoms with Gasteiger partial charge in [-0.1, -0.05) is 23.8 Å². The number of sulfonamides is 1. The van der Waals surface area contributed by atoms with Crippen molar-refractivity contribution in [1.82, 2.24) is 4.72 Å². The fourth-order valence-corrected chi connectivity index (χ4v) is 2.69. The zero-order valence-electron chi connectivity index (χ0n) is 9.43. The third-order valence-electron chi connectivity index (χ3n) is 2.04. The Balaban J connectivity index is 2.98. The molecule has 1 aromatic carbocycles. The highest BCUT2D eigenvalue weighted by atomic mass is 35.5. The molecule has 96 valence electrons. The van der Waals surface area contributed by atoms with Crippen molar-refractivity contribution in [3.05, 3.63) is 40.9 Å². The third-order valence-corrected chi connectivity index (χ3v) is 3.95. The van der Waals surface area contributed by atoms with E-state index in [-0.39, 0.29) is 22.0 Å². The van der Waals surface area contributed by atoms with Gasteiger partial charge in [0.1, 0.15) is 4.90 Å². The van der Waals surface area contributed by atoms with E-state index in [1.807, 2.05) is 6.07 Å². The highest BCUT2D eigenvalue weighted by Crippen LogP contribution is 2.22. The van der Waals surface area contributed by atoms with Crippen LogP contribution in [0.25, 0.3) is 0 Å². The average Bonchev–Trinajstić information content (AvgIpc) is 2.35. The van der Waals surface area contributed by atoms with Crippen LogP contribution >= 0.6 is 11.6 Å². The van der Waals surface area contributed by atoms with Crippen molar-refractivity contribution in [2.45, 2.75) is 4.90 Å². The van der Waals surface area contributed by atoms with Crippen LogP contribution in [0, 0.1) is 11.3 Å². The van der Waals surface area contributed by atoms with Crippen molar-refractivity contribution in [1.29, 1.82) is 5.26 Å². The van der Waals surface area contributed by atoms with Crippen LogP contribution in [0.2, 0.25) is 5.02 Å². The van der Waals surface area contributed by atoms with E-state index in [9.17, 15) is 8.42 Å². The average molecular weight is 286 g/mol. The number of nitriles is 1. The SMILES string of the molecule is N#Cc1ccc(Cl)c(S(=O)(=O)NC/C=C/CN)c1. The number of halogens is 1. The number of nitrogens with zero attached hydrogens (tertiary/aromatic N) is 1. The first-order valence-electron chi connectivity index (χ1n) is 5.05.